The van der Waals surface area contributed by atoms with Crippen LogP contribution < -0.4 is 0 Å². The summed E-state index contributed by atoms with van der Waals surface area (Å²) in [5, 5.41) is 7.20. The minimum absolute atomic E-state index is 0.642. The number of nitrogens with zero attached hydrogens (tertiary/aromatic N) is 3. The molecule has 9 aromatic rings. The van der Waals surface area contributed by atoms with Gasteiger partial charge in [0.15, 0.2) is 17.5 Å². The molecule has 48 heavy (non-hydrogen) atoms. The third-order valence-corrected chi connectivity index (χ3v) is 9.15. The Kier molecular flexibility index (Phi) is 6.80. The summed E-state index contributed by atoms with van der Waals surface area (Å²) in [5.74, 6) is 1.94. The van der Waals surface area contributed by atoms with E-state index < -0.39 is 0 Å². The summed E-state index contributed by atoms with van der Waals surface area (Å²) in [5.41, 5.74) is 7.52. The highest BCUT2D eigenvalue weighted by atomic mass is 15.0. The quantitative estimate of drug-likeness (QED) is 0.182. The van der Waals surface area contributed by atoms with Crippen molar-refractivity contribution in [1.82, 2.24) is 15.0 Å². The summed E-state index contributed by atoms with van der Waals surface area (Å²) < 4.78 is 0. The molecule has 9 rings (SSSR count). The molecule has 1 aromatic heterocycles. The first kappa shape index (κ1) is 27.8. The maximum Gasteiger partial charge on any atom is 0.164 e. The van der Waals surface area contributed by atoms with Crippen LogP contribution in [0.3, 0.4) is 0 Å². The summed E-state index contributed by atoms with van der Waals surface area (Å²) in [6.07, 6.45) is 0. The van der Waals surface area contributed by atoms with Crippen molar-refractivity contribution in [1.29, 1.82) is 0 Å². The van der Waals surface area contributed by atoms with Crippen molar-refractivity contribution in [3.05, 3.63) is 176 Å². The molecule has 3 heteroatoms. The molecule has 0 amide bonds. The Morgan fingerprint density at radius 1 is 0.229 bits per heavy atom. The lowest BCUT2D eigenvalue weighted by molar-refractivity contribution is 1.08. The lowest BCUT2D eigenvalue weighted by atomic mass is 9.91. The fraction of sp³-hybridized carbons (Fsp3) is 0. The van der Waals surface area contributed by atoms with Crippen LogP contribution in [-0.2, 0) is 0 Å². The summed E-state index contributed by atoms with van der Waals surface area (Å²) in [6.45, 7) is 0. The molecule has 8 aromatic carbocycles. The number of hydrogen-bond donors (Lipinski definition) is 0. The second-order valence-corrected chi connectivity index (χ2v) is 12.0. The molecule has 3 nitrogen and oxygen atoms in total. The van der Waals surface area contributed by atoms with Crippen LogP contribution in [0.2, 0.25) is 0 Å². The van der Waals surface area contributed by atoms with Crippen LogP contribution in [0.1, 0.15) is 0 Å². The first-order valence-corrected chi connectivity index (χ1v) is 16.2. The van der Waals surface area contributed by atoms with E-state index in [2.05, 4.69) is 164 Å². The molecule has 0 aliphatic rings. The van der Waals surface area contributed by atoms with Gasteiger partial charge in [-0.3, -0.25) is 0 Å². The molecule has 1 heterocycles. The van der Waals surface area contributed by atoms with Crippen molar-refractivity contribution >= 4 is 32.3 Å². The first-order valence-electron chi connectivity index (χ1n) is 16.2. The molecular weight excluding hydrogens is 583 g/mol. The largest absolute Gasteiger partial charge is 0.208 e. The van der Waals surface area contributed by atoms with Crippen molar-refractivity contribution in [2.24, 2.45) is 0 Å². The van der Waals surface area contributed by atoms with Gasteiger partial charge in [0.1, 0.15) is 0 Å². The Hall–Kier alpha value is -6.45. The van der Waals surface area contributed by atoms with Crippen molar-refractivity contribution in [3.8, 4) is 56.4 Å². The van der Waals surface area contributed by atoms with E-state index in [1.807, 2.05) is 12.1 Å². The lowest BCUT2D eigenvalue weighted by Crippen LogP contribution is -2.01. The van der Waals surface area contributed by atoms with Crippen LogP contribution in [0.15, 0.2) is 176 Å². The summed E-state index contributed by atoms with van der Waals surface area (Å²) in [4.78, 5) is 15.4. The molecule has 0 aliphatic carbocycles. The van der Waals surface area contributed by atoms with Crippen LogP contribution >= 0.6 is 0 Å². The van der Waals surface area contributed by atoms with Gasteiger partial charge >= 0.3 is 0 Å². The Morgan fingerprint density at radius 2 is 0.562 bits per heavy atom. The van der Waals surface area contributed by atoms with Crippen molar-refractivity contribution < 1.29 is 0 Å². The minimum Gasteiger partial charge on any atom is -0.208 e. The normalized spacial score (nSPS) is 11.3. The van der Waals surface area contributed by atoms with Crippen molar-refractivity contribution in [2.75, 3.05) is 0 Å². The second kappa shape index (κ2) is 11.7. The van der Waals surface area contributed by atoms with Gasteiger partial charge in [-0.05, 0) is 49.2 Å². The van der Waals surface area contributed by atoms with Crippen molar-refractivity contribution in [3.63, 3.8) is 0 Å². The summed E-state index contributed by atoms with van der Waals surface area (Å²) in [6, 6.07) is 61.6. The summed E-state index contributed by atoms with van der Waals surface area (Å²) >= 11 is 0. The van der Waals surface area contributed by atoms with Crippen LogP contribution in [-0.4, -0.2) is 15.0 Å². The average molecular weight is 612 g/mol. The molecule has 0 aliphatic heterocycles. The number of fused-ring (bicyclic) bond motifs is 6. The van der Waals surface area contributed by atoms with Gasteiger partial charge in [0, 0.05) is 22.1 Å². The number of aromatic nitrogens is 3. The van der Waals surface area contributed by atoms with E-state index in [0.717, 1.165) is 33.2 Å². The zero-order chi connectivity index (χ0) is 31.9. The average Bonchev–Trinajstić information content (AvgIpc) is 3.18. The van der Waals surface area contributed by atoms with E-state index in [1.54, 1.807) is 0 Å². The molecule has 0 saturated heterocycles. The third kappa shape index (κ3) is 4.90. The standard InChI is InChI=1S/C45H29N3/c1-3-12-30(13-4-1)32-22-26-34(27-23-32)43-46-44(35-28-24-33(25-29-35)31-14-5-2-6-15-31)48-45(47-43)41-21-11-20-40-38-17-8-7-16-36(38)37-18-9-10-19-39(37)42(40)41/h1-29H. The Labute approximate surface area is 278 Å². The first-order chi connectivity index (χ1) is 23.8. The predicted octanol–water partition coefficient (Wildman–Crippen LogP) is 11.7. The molecule has 0 bridgehead atoms. The van der Waals surface area contributed by atoms with Crippen LogP contribution in [0.4, 0.5) is 0 Å². The highest BCUT2D eigenvalue weighted by Crippen LogP contribution is 2.40. The van der Waals surface area contributed by atoms with E-state index in [1.165, 1.54) is 38.1 Å². The summed E-state index contributed by atoms with van der Waals surface area (Å²) in [7, 11) is 0. The predicted molar refractivity (Wildman–Crippen MR) is 200 cm³/mol. The lowest BCUT2D eigenvalue weighted by Gasteiger charge is -2.15. The minimum atomic E-state index is 0.642. The number of hydrogen-bond acceptors (Lipinski definition) is 3. The maximum absolute atomic E-state index is 5.18. The van der Waals surface area contributed by atoms with E-state index >= 15 is 0 Å². The third-order valence-electron chi connectivity index (χ3n) is 9.15. The number of rotatable bonds is 5. The Balaban J connectivity index is 1.26. The Morgan fingerprint density at radius 3 is 1.04 bits per heavy atom. The monoisotopic (exact) mass is 611 g/mol. The smallest absolute Gasteiger partial charge is 0.164 e. The second-order valence-electron chi connectivity index (χ2n) is 12.0. The van der Waals surface area contributed by atoms with Gasteiger partial charge in [-0.1, -0.05) is 176 Å². The number of benzene rings is 8. The van der Waals surface area contributed by atoms with Gasteiger partial charge < -0.3 is 0 Å². The molecule has 0 N–H and O–H groups in total. The molecular formula is C45H29N3. The molecule has 0 unspecified atom stereocenters. The molecule has 0 atom stereocenters. The molecule has 0 radical (unpaired) electrons. The van der Waals surface area contributed by atoms with Crippen LogP contribution in [0.5, 0.6) is 0 Å². The highest BCUT2D eigenvalue weighted by molar-refractivity contribution is 6.28. The van der Waals surface area contributed by atoms with Crippen molar-refractivity contribution in [2.45, 2.75) is 0 Å². The Bertz CT molecular complexity index is 2430. The van der Waals surface area contributed by atoms with Gasteiger partial charge in [0.25, 0.3) is 0 Å². The zero-order valence-corrected chi connectivity index (χ0v) is 26.1. The molecule has 0 saturated carbocycles. The van der Waals surface area contributed by atoms with E-state index in [9.17, 15) is 0 Å². The van der Waals surface area contributed by atoms with Gasteiger partial charge in [0.05, 0.1) is 0 Å². The highest BCUT2D eigenvalue weighted by Gasteiger charge is 2.17. The van der Waals surface area contributed by atoms with Gasteiger partial charge in [-0.15, -0.1) is 0 Å². The molecule has 224 valence electrons. The molecule has 0 spiro atoms. The fourth-order valence-electron chi connectivity index (χ4n) is 6.78. The van der Waals surface area contributed by atoms with Gasteiger partial charge in [0.2, 0.25) is 0 Å². The molecule has 0 fully saturated rings. The maximum atomic E-state index is 5.18. The fourth-order valence-corrected chi connectivity index (χ4v) is 6.78. The van der Waals surface area contributed by atoms with Crippen LogP contribution in [0, 0.1) is 0 Å². The SMILES string of the molecule is c1ccc(-c2ccc(-c3nc(-c4ccc(-c5ccccc5)cc4)nc(-c4cccc5c6ccccc6c6ccccc6c45)n3)cc2)cc1. The van der Waals surface area contributed by atoms with E-state index in [-0.39, 0.29) is 0 Å². The zero-order valence-electron chi connectivity index (χ0n) is 26.1. The topological polar surface area (TPSA) is 38.7 Å². The van der Waals surface area contributed by atoms with Gasteiger partial charge in [-0.2, -0.15) is 0 Å². The van der Waals surface area contributed by atoms with E-state index in [0.29, 0.717) is 17.5 Å². The van der Waals surface area contributed by atoms with Crippen LogP contribution in [0.25, 0.3) is 88.7 Å². The van der Waals surface area contributed by atoms with Gasteiger partial charge in [-0.25, -0.2) is 15.0 Å². The van der Waals surface area contributed by atoms with E-state index in [4.69, 9.17) is 15.0 Å².